The van der Waals surface area contributed by atoms with Crippen LogP contribution in [-0.2, 0) is 9.47 Å². The molecule has 0 bridgehead atoms. The normalized spacial score (nSPS) is 26.1. The lowest BCUT2D eigenvalue weighted by Crippen LogP contribution is -2.55. The van der Waals surface area contributed by atoms with Crippen LogP contribution in [0.25, 0.3) is 0 Å². The molecule has 3 N–H and O–H groups in total. The highest BCUT2D eigenvalue weighted by Gasteiger charge is 2.38. The molecule has 1 fully saturated rings. The predicted molar refractivity (Wildman–Crippen MR) is 109 cm³/mol. The second kappa shape index (κ2) is 16.5. The molecule has 1 aliphatic heterocycles. The topological polar surface area (TPSA) is 79.2 Å². The van der Waals surface area contributed by atoms with Gasteiger partial charge >= 0.3 is 0 Å². The summed E-state index contributed by atoms with van der Waals surface area (Å²) in [5, 5.41) is 28.8. The van der Waals surface area contributed by atoms with Crippen LogP contribution in [0.15, 0.2) is 12.2 Å². The number of rotatable bonds is 16. The van der Waals surface area contributed by atoms with Crippen molar-refractivity contribution in [2.45, 2.75) is 108 Å². The first kappa shape index (κ1) is 24.6. The zero-order chi connectivity index (χ0) is 19.7. The highest BCUT2D eigenvalue weighted by Crippen LogP contribution is 2.18. The van der Waals surface area contributed by atoms with E-state index in [1.54, 1.807) is 0 Å². The van der Waals surface area contributed by atoms with Gasteiger partial charge in [0.25, 0.3) is 0 Å². The van der Waals surface area contributed by atoms with Crippen molar-refractivity contribution in [2.24, 2.45) is 0 Å². The lowest BCUT2D eigenvalue weighted by Gasteiger charge is -2.36. The molecule has 0 aliphatic carbocycles. The highest BCUT2D eigenvalue weighted by atomic mass is 16.6. The van der Waals surface area contributed by atoms with Gasteiger partial charge in [-0.05, 0) is 25.7 Å². The highest BCUT2D eigenvalue weighted by molar-refractivity contribution is 4.87. The van der Waals surface area contributed by atoms with E-state index >= 15 is 0 Å². The lowest BCUT2D eigenvalue weighted by atomic mass is 10.0. The molecule has 0 amide bonds. The fourth-order valence-electron chi connectivity index (χ4n) is 3.41. The third-order valence-corrected chi connectivity index (χ3v) is 5.25. The van der Waals surface area contributed by atoms with E-state index in [1.807, 2.05) is 0 Å². The number of unbranched alkanes of at least 4 members (excludes halogenated alkanes) is 10. The summed E-state index contributed by atoms with van der Waals surface area (Å²) in [5.41, 5.74) is 0. The van der Waals surface area contributed by atoms with Gasteiger partial charge in [0, 0.05) is 6.61 Å². The molecular formula is C22H42O5. The Bertz CT molecular complexity index is 361. The Balaban J connectivity index is 1.89. The maximum atomic E-state index is 9.97. The second-order valence-corrected chi connectivity index (χ2v) is 7.68. The summed E-state index contributed by atoms with van der Waals surface area (Å²) in [5.74, 6) is 0. The zero-order valence-corrected chi connectivity index (χ0v) is 17.2. The van der Waals surface area contributed by atoms with Gasteiger partial charge in [-0.1, -0.05) is 70.4 Å². The summed E-state index contributed by atoms with van der Waals surface area (Å²) in [6.07, 6.45) is 16.4. The lowest BCUT2D eigenvalue weighted by molar-refractivity contribution is -0.208. The van der Waals surface area contributed by atoms with E-state index in [2.05, 4.69) is 19.1 Å². The van der Waals surface area contributed by atoms with E-state index in [0.717, 1.165) is 19.3 Å². The third kappa shape index (κ3) is 11.2. The largest absolute Gasteiger partial charge is 0.394 e. The average molecular weight is 387 g/mol. The Labute approximate surface area is 165 Å². The molecule has 0 spiro atoms. The molecule has 0 radical (unpaired) electrons. The van der Waals surface area contributed by atoms with Crippen LogP contribution in [0.4, 0.5) is 0 Å². The monoisotopic (exact) mass is 386 g/mol. The number of aliphatic hydroxyl groups is 3. The van der Waals surface area contributed by atoms with Crippen molar-refractivity contribution < 1.29 is 24.8 Å². The minimum absolute atomic E-state index is 0.206. The van der Waals surface area contributed by atoms with Gasteiger partial charge in [0.2, 0.25) is 0 Å². The fraction of sp³-hybridized carbons (Fsp3) is 0.909. The smallest absolute Gasteiger partial charge is 0.111 e. The van der Waals surface area contributed by atoms with Crippen LogP contribution in [0, 0.1) is 0 Å². The summed E-state index contributed by atoms with van der Waals surface area (Å²) < 4.78 is 10.9. The first-order valence-electron chi connectivity index (χ1n) is 11.1. The molecule has 4 atom stereocenters. The van der Waals surface area contributed by atoms with E-state index in [4.69, 9.17) is 14.6 Å². The summed E-state index contributed by atoms with van der Waals surface area (Å²) in [4.78, 5) is 0. The van der Waals surface area contributed by atoms with Crippen LogP contribution < -0.4 is 0 Å². The Morgan fingerprint density at radius 1 is 0.852 bits per heavy atom. The summed E-state index contributed by atoms with van der Waals surface area (Å²) in [6, 6.07) is 0. The molecule has 160 valence electrons. The van der Waals surface area contributed by atoms with Crippen LogP contribution in [0.5, 0.6) is 0 Å². The minimum Gasteiger partial charge on any atom is -0.394 e. The maximum Gasteiger partial charge on any atom is 0.111 e. The van der Waals surface area contributed by atoms with Crippen molar-refractivity contribution in [1.82, 2.24) is 0 Å². The first-order chi connectivity index (χ1) is 13.2. The Morgan fingerprint density at radius 2 is 1.44 bits per heavy atom. The molecule has 1 saturated heterocycles. The molecule has 0 aromatic heterocycles. The van der Waals surface area contributed by atoms with Crippen molar-refractivity contribution in [3.05, 3.63) is 12.2 Å². The molecular weight excluding hydrogens is 344 g/mol. The van der Waals surface area contributed by atoms with E-state index in [1.165, 1.54) is 57.8 Å². The number of aliphatic hydroxyl groups excluding tert-OH is 3. The standard InChI is InChI=1S/C22H42O5/c1-2-3-4-5-6-7-8-9-10-11-12-13-14-15-16-26-20-18-27-19(17-23)21(24)22(20)25/h12-13,19-25H,2-11,14-18H2,1H3/b13-12+/t19-,20+,21-,22-/m1/s1. The summed E-state index contributed by atoms with van der Waals surface area (Å²) in [6.45, 7) is 2.70. The van der Waals surface area contributed by atoms with Gasteiger partial charge in [0.1, 0.15) is 24.4 Å². The average Bonchev–Trinajstić information content (AvgIpc) is 2.68. The van der Waals surface area contributed by atoms with Gasteiger partial charge in [0.05, 0.1) is 13.2 Å². The summed E-state index contributed by atoms with van der Waals surface area (Å²) >= 11 is 0. The fourth-order valence-corrected chi connectivity index (χ4v) is 3.41. The first-order valence-corrected chi connectivity index (χ1v) is 11.1. The van der Waals surface area contributed by atoms with E-state index in [0.29, 0.717) is 6.61 Å². The molecule has 0 saturated carbocycles. The Kier molecular flexibility index (Phi) is 15.0. The molecule has 1 heterocycles. The molecule has 5 heteroatoms. The van der Waals surface area contributed by atoms with Crippen LogP contribution in [0.3, 0.4) is 0 Å². The van der Waals surface area contributed by atoms with E-state index in [-0.39, 0.29) is 13.2 Å². The van der Waals surface area contributed by atoms with Crippen molar-refractivity contribution in [1.29, 1.82) is 0 Å². The van der Waals surface area contributed by atoms with E-state index in [9.17, 15) is 10.2 Å². The van der Waals surface area contributed by atoms with Crippen LogP contribution >= 0.6 is 0 Å². The third-order valence-electron chi connectivity index (χ3n) is 5.25. The van der Waals surface area contributed by atoms with Crippen molar-refractivity contribution in [2.75, 3.05) is 19.8 Å². The van der Waals surface area contributed by atoms with Crippen molar-refractivity contribution in [3.8, 4) is 0 Å². The van der Waals surface area contributed by atoms with Gasteiger partial charge in [-0.15, -0.1) is 0 Å². The maximum absolute atomic E-state index is 9.97. The number of hydrogen-bond acceptors (Lipinski definition) is 5. The SMILES string of the molecule is CCCCCCCCCCC/C=C/CCCO[C@H]1CO[C@H](CO)[C@@H](O)[C@@H]1O. The van der Waals surface area contributed by atoms with Crippen LogP contribution in [-0.4, -0.2) is 59.6 Å². The van der Waals surface area contributed by atoms with Crippen molar-refractivity contribution >= 4 is 0 Å². The Morgan fingerprint density at radius 3 is 2.07 bits per heavy atom. The van der Waals surface area contributed by atoms with Gasteiger partial charge in [-0.2, -0.15) is 0 Å². The van der Waals surface area contributed by atoms with Gasteiger partial charge in [0.15, 0.2) is 0 Å². The minimum atomic E-state index is -1.09. The molecule has 1 aliphatic rings. The molecule has 27 heavy (non-hydrogen) atoms. The predicted octanol–water partition coefficient (Wildman–Crippen LogP) is 3.74. The van der Waals surface area contributed by atoms with Crippen LogP contribution in [0.2, 0.25) is 0 Å². The second-order valence-electron chi connectivity index (χ2n) is 7.68. The van der Waals surface area contributed by atoms with Gasteiger partial charge in [-0.25, -0.2) is 0 Å². The Hall–Kier alpha value is -0.460. The van der Waals surface area contributed by atoms with Crippen LogP contribution in [0.1, 0.15) is 84.0 Å². The number of hydrogen-bond donors (Lipinski definition) is 3. The quantitative estimate of drug-likeness (QED) is 0.278. The van der Waals surface area contributed by atoms with E-state index < -0.39 is 24.4 Å². The summed E-state index contributed by atoms with van der Waals surface area (Å²) in [7, 11) is 0. The number of allylic oxidation sites excluding steroid dienone is 2. The molecule has 0 aromatic carbocycles. The number of ether oxygens (including phenoxy) is 2. The van der Waals surface area contributed by atoms with Crippen molar-refractivity contribution in [3.63, 3.8) is 0 Å². The molecule has 5 nitrogen and oxygen atoms in total. The molecule has 0 unspecified atom stereocenters. The molecule has 1 rings (SSSR count). The van der Waals surface area contributed by atoms with Gasteiger partial charge in [-0.3, -0.25) is 0 Å². The molecule has 0 aromatic rings. The van der Waals surface area contributed by atoms with Gasteiger partial charge < -0.3 is 24.8 Å². The zero-order valence-electron chi connectivity index (χ0n) is 17.2.